The molecule has 1 N–H and O–H groups in total. The number of anilines is 1. The molecule has 21 heavy (non-hydrogen) atoms. The minimum absolute atomic E-state index is 0.917. The number of aromatic nitrogens is 1. The predicted octanol–water partition coefficient (Wildman–Crippen LogP) is 3.81. The second-order valence-electron chi connectivity index (χ2n) is 5.53. The molecule has 0 unspecified atom stereocenters. The first-order chi connectivity index (χ1) is 10.2. The van der Waals surface area contributed by atoms with Gasteiger partial charge in [-0.15, -0.1) is 0 Å². The van der Waals surface area contributed by atoms with Crippen LogP contribution in [0, 0.1) is 6.92 Å². The van der Waals surface area contributed by atoms with Gasteiger partial charge in [0.25, 0.3) is 0 Å². The average Bonchev–Trinajstić information content (AvgIpc) is 2.48. The van der Waals surface area contributed by atoms with E-state index in [4.69, 9.17) is 0 Å². The summed E-state index contributed by atoms with van der Waals surface area (Å²) in [4.78, 5) is 6.73. The van der Waals surface area contributed by atoms with Crippen LogP contribution in [0.15, 0.2) is 42.6 Å². The molecule has 0 saturated heterocycles. The average molecular weight is 283 g/mol. The standard InChI is InChI=1S/C18H25N3/c1-4-11-21(3)12-10-20-18-14-17(8-9-19-18)16-7-5-6-15(2)13-16/h5-9,13-14H,4,10-12H2,1-3H3,(H,19,20). The van der Waals surface area contributed by atoms with Crippen LogP contribution < -0.4 is 5.32 Å². The first-order valence-corrected chi connectivity index (χ1v) is 7.64. The van der Waals surface area contributed by atoms with E-state index in [1.165, 1.54) is 23.1 Å². The third-order valence-corrected chi connectivity index (χ3v) is 3.52. The minimum atomic E-state index is 0.917. The highest BCUT2D eigenvalue weighted by Gasteiger charge is 2.01. The third-order valence-electron chi connectivity index (χ3n) is 3.52. The fraction of sp³-hybridized carbons (Fsp3) is 0.389. The zero-order valence-corrected chi connectivity index (χ0v) is 13.3. The summed E-state index contributed by atoms with van der Waals surface area (Å²) in [6.07, 6.45) is 3.06. The lowest BCUT2D eigenvalue weighted by Crippen LogP contribution is -2.25. The van der Waals surface area contributed by atoms with E-state index in [-0.39, 0.29) is 0 Å². The molecule has 0 spiro atoms. The quantitative estimate of drug-likeness (QED) is 0.837. The van der Waals surface area contributed by atoms with Gasteiger partial charge in [0.1, 0.15) is 5.82 Å². The summed E-state index contributed by atoms with van der Waals surface area (Å²) in [6.45, 7) is 7.41. The van der Waals surface area contributed by atoms with Crippen molar-refractivity contribution in [3.63, 3.8) is 0 Å². The fourth-order valence-electron chi connectivity index (χ4n) is 2.40. The number of aryl methyl sites for hydroxylation is 1. The largest absolute Gasteiger partial charge is 0.369 e. The molecular formula is C18H25N3. The Kier molecular flexibility index (Phi) is 5.76. The molecule has 0 saturated carbocycles. The van der Waals surface area contributed by atoms with Gasteiger partial charge in [-0.3, -0.25) is 0 Å². The number of benzene rings is 1. The molecule has 0 radical (unpaired) electrons. The Morgan fingerprint density at radius 3 is 2.67 bits per heavy atom. The monoisotopic (exact) mass is 283 g/mol. The van der Waals surface area contributed by atoms with Gasteiger partial charge in [-0.2, -0.15) is 0 Å². The molecule has 1 heterocycles. The molecule has 0 aliphatic heterocycles. The highest BCUT2D eigenvalue weighted by atomic mass is 15.1. The molecule has 0 atom stereocenters. The predicted molar refractivity (Wildman–Crippen MR) is 90.7 cm³/mol. The number of hydrogen-bond donors (Lipinski definition) is 1. The molecule has 3 nitrogen and oxygen atoms in total. The molecule has 1 aromatic heterocycles. The zero-order chi connectivity index (χ0) is 15.1. The van der Waals surface area contributed by atoms with Gasteiger partial charge < -0.3 is 10.2 Å². The summed E-state index contributed by atoms with van der Waals surface area (Å²) < 4.78 is 0. The highest BCUT2D eigenvalue weighted by molar-refractivity contribution is 5.66. The minimum Gasteiger partial charge on any atom is -0.369 e. The van der Waals surface area contributed by atoms with Crippen molar-refractivity contribution in [3.8, 4) is 11.1 Å². The molecule has 3 heteroatoms. The van der Waals surface area contributed by atoms with E-state index in [1.807, 2.05) is 6.20 Å². The fourth-order valence-corrected chi connectivity index (χ4v) is 2.40. The van der Waals surface area contributed by atoms with E-state index in [9.17, 15) is 0 Å². The van der Waals surface area contributed by atoms with Crippen molar-refractivity contribution in [2.75, 3.05) is 32.0 Å². The molecular weight excluding hydrogens is 258 g/mol. The van der Waals surface area contributed by atoms with Crippen LogP contribution in [0.2, 0.25) is 0 Å². The number of pyridine rings is 1. The number of nitrogens with zero attached hydrogens (tertiary/aromatic N) is 2. The van der Waals surface area contributed by atoms with Crippen LogP contribution in [0.4, 0.5) is 5.82 Å². The van der Waals surface area contributed by atoms with E-state index in [0.29, 0.717) is 0 Å². The Morgan fingerprint density at radius 1 is 1.10 bits per heavy atom. The van der Waals surface area contributed by atoms with E-state index in [0.717, 1.165) is 25.5 Å². The molecule has 2 aromatic rings. The van der Waals surface area contributed by atoms with Crippen LogP contribution in [-0.4, -0.2) is 36.6 Å². The van der Waals surface area contributed by atoms with Crippen molar-refractivity contribution in [2.24, 2.45) is 0 Å². The van der Waals surface area contributed by atoms with Crippen LogP contribution in [0.1, 0.15) is 18.9 Å². The van der Waals surface area contributed by atoms with Crippen LogP contribution in [0.3, 0.4) is 0 Å². The lowest BCUT2D eigenvalue weighted by Gasteiger charge is -2.16. The maximum Gasteiger partial charge on any atom is 0.126 e. The Bertz CT molecular complexity index is 566. The zero-order valence-electron chi connectivity index (χ0n) is 13.3. The van der Waals surface area contributed by atoms with Crippen LogP contribution >= 0.6 is 0 Å². The van der Waals surface area contributed by atoms with Gasteiger partial charge in [-0.1, -0.05) is 36.8 Å². The summed E-state index contributed by atoms with van der Waals surface area (Å²) in [5, 5.41) is 3.41. The van der Waals surface area contributed by atoms with Gasteiger partial charge >= 0.3 is 0 Å². The lowest BCUT2D eigenvalue weighted by atomic mass is 10.0. The SMILES string of the molecule is CCCN(C)CCNc1cc(-c2cccc(C)c2)ccn1. The molecule has 0 amide bonds. The van der Waals surface area contributed by atoms with Crippen molar-refractivity contribution in [1.82, 2.24) is 9.88 Å². The highest BCUT2D eigenvalue weighted by Crippen LogP contribution is 2.21. The first kappa shape index (κ1) is 15.5. The number of hydrogen-bond acceptors (Lipinski definition) is 3. The van der Waals surface area contributed by atoms with Gasteiger partial charge in [0.05, 0.1) is 0 Å². The Balaban J connectivity index is 1.98. The smallest absolute Gasteiger partial charge is 0.126 e. The van der Waals surface area contributed by atoms with Gasteiger partial charge in [0.2, 0.25) is 0 Å². The van der Waals surface area contributed by atoms with Crippen molar-refractivity contribution in [2.45, 2.75) is 20.3 Å². The maximum atomic E-state index is 4.40. The Morgan fingerprint density at radius 2 is 1.90 bits per heavy atom. The van der Waals surface area contributed by atoms with Crippen LogP contribution in [-0.2, 0) is 0 Å². The van der Waals surface area contributed by atoms with Crippen molar-refractivity contribution >= 4 is 5.82 Å². The molecule has 2 rings (SSSR count). The Hall–Kier alpha value is -1.87. The second-order valence-corrected chi connectivity index (χ2v) is 5.53. The maximum absolute atomic E-state index is 4.40. The molecule has 1 aromatic carbocycles. The second kappa shape index (κ2) is 7.79. The Labute approximate surface area is 128 Å². The van der Waals surface area contributed by atoms with E-state index < -0.39 is 0 Å². The van der Waals surface area contributed by atoms with Crippen molar-refractivity contribution in [3.05, 3.63) is 48.2 Å². The number of nitrogens with one attached hydrogen (secondary N) is 1. The van der Waals surface area contributed by atoms with Gasteiger partial charge in [0.15, 0.2) is 0 Å². The first-order valence-electron chi connectivity index (χ1n) is 7.64. The number of likely N-dealkylation sites (N-methyl/N-ethyl adjacent to an activating group) is 1. The summed E-state index contributed by atoms with van der Waals surface area (Å²) >= 11 is 0. The van der Waals surface area contributed by atoms with Crippen LogP contribution in [0.25, 0.3) is 11.1 Å². The van der Waals surface area contributed by atoms with E-state index >= 15 is 0 Å². The van der Waals surface area contributed by atoms with Crippen molar-refractivity contribution < 1.29 is 0 Å². The lowest BCUT2D eigenvalue weighted by molar-refractivity contribution is 0.347. The van der Waals surface area contributed by atoms with Gasteiger partial charge in [-0.25, -0.2) is 4.98 Å². The molecule has 0 aliphatic carbocycles. The molecule has 0 bridgehead atoms. The topological polar surface area (TPSA) is 28.2 Å². The number of rotatable bonds is 7. The summed E-state index contributed by atoms with van der Waals surface area (Å²) in [6, 6.07) is 12.7. The summed E-state index contributed by atoms with van der Waals surface area (Å²) in [5.74, 6) is 0.943. The van der Waals surface area contributed by atoms with Crippen molar-refractivity contribution in [1.29, 1.82) is 0 Å². The summed E-state index contributed by atoms with van der Waals surface area (Å²) in [7, 11) is 2.15. The molecule has 0 fully saturated rings. The third kappa shape index (κ3) is 4.87. The molecule has 112 valence electrons. The van der Waals surface area contributed by atoms with Crippen LogP contribution in [0.5, 0.6) is 0 Å². The summed E-state index contributed by atoms with van der Waals surface area (Å²) in [5.41, 5.74) is 3.72. The van der Waals surface area contributed by atoms with E-state index in [1.54, 1.807) is 0 Å². The van der Waals surface area contributed by atoms with E-state index in [2.05, 4.69) is 72.5 Å². The normalized spacial score (nSPS) is 10.9. The van der Waals surface area contributed by atoms with Gasteiger partial charge in [0, 0.05) is 19.3 Å². The molecule has 0 aliphatic rings. The van der Waals surface area contributed by atoms with Gasteiger partial charge in [-0.05, 0) is 50.2 Å².